The van der Waals surface area contributed by atoms with Gasteiger partial charge in [-0.3, -0.25) is 14.1 Å². The Hall–Kier alpha value is -2.39. The summed E-state index contributed by atoms with van der Waals surface area (Å²) in [7, 11) is -4.37. The lowest BCUT2D eigenvalue weighted by atomic mass is 10.1. The minimum atomic E-state index is -4.37. The molecule has 0 unspecified atom stereocenters. The molecule has 3 rings (SSSR count). The van der Waals surface area contributed by atoms with Crippen LogP contribution in [0.4, 0.5) is 4.39 Å². The van der Waals surface area contributed by atoms with Crippen molar-refractivity contribution in [2.24, 2.45) is 5.73 Å². The molecule has 0 radical (unpaired) electrons. The molecule has 1 saturated heterocycles. The number of carbonyl (C=O) groups is 2. The molecule has 0 bridgehead atoms. The van der Waals surface area contributed by atoms with Gasteiger partial charge in [0.1, 0.15) is 28.6 Å². The number of benzene rings is 1. The van der Waals surface area contributed by atoms with Crippen LogP contribution in [0.5, 0.6) is 11.6 Å². The first-order chi connectivity index (χ1) is 18.2. The SMILES string of the molecule is CC(C)OC(=O)[C@@H](C)N[P@@](=O)(OC[C@H]1O[C@@H](Oc2ncc(Br)nc2C(N)=O)[C@@](F)(Cl)[C@@H]1O)Oc1ccccc1. The predicted molar refractivity (Wildman–Crippen MR) is 138 cm³/mol. The number of aliphatic hydroxyl groups excluding tert-OH is 1. The van der Waals surface area contributed by atoms with Crippen molar-refractivity contribution < 1.29 is 46.9 Å². The van der Waals surface area contributed by atoms with Gasteiger partial charge in [-0.15, -0.1) is 0 Å². The number of para-hydroxylation sites is 1. The third-order valence-corrected chi connectivity index (χ3v) is 7.38. The number of aromatic nitrogens is 2. The monoisotopic (exact) mass is 654 g/mol. The maximum Gasteiger partial charge on any atom is 0.459 e. The summed E-state index contributed by atoms with van der Waals surface area (Å²) in [4.78, 5) is 31.6. The lowest BCUT2D eigenvalue weighted by Crippen LogP contribution is -2.42. The van der Waals surface area contributed by atoms with Crippen LogP contribution in [0.25, 0.3) is 0 Å². The Morgan fingerprint density at radius 3 is 2.62 bits per heavy atom. The van der Waals surface area contributed by atoms with Crippen LogP contribution in [0.15, 0.2) is 41.1 Å². The molecule has 1 aliphatic rings. The van der Waals surface area contributed by atoms with Gasteiger partial charge in [0, 0.05) is 0 Å². The second-order valence-corrected chi connectivity index (χ2v) is 11.6. The number of nitrogens with two attached hydrogens (primary N) is 1. The summed E-state index contributed by atoms with van der Waals surface area (Å²) in [5.74, 6) is -2.16. The fraction of sp³-hybridized carbons (Fsp3) is 0.455. The van der Waals surface area contributed by atoms with Crippen LogP contribution in [0.3, 0.4) is 0 Å². The number of alkyl halides is 2. The number of nitrogens with zero attached hydrogens (tertiary/aromatic N) is 2. The number of rotatable bonds is 12. The molecule has 4 N–H and O–H groups in total. The smallest absolute Gasteiger partial charge is 0.459 e. The average molecular weight is 656 g/mol. The topological polar surface area (TPSA) is 181 Å². The van der Waals surface area contributed by atoms with Crippen molar-refractivity contribution >= 4 is 47.2 Å². The lowest BCUT2D eigenvalue weighted by Gasteiger charge is -2.25. The minimum absolute atomic E-state index is 0.122. The standard InChI is InChI=1S/C22H26BrClFN4O9P/c1-11(2)35-20(32)12(3)29-39(33,38-13-7-5-4-6-8-13)34-10-14-17(30)22(24,25)21(36-14)37-19-16(18(26)31)28-15(23)9-27-19/h4-9,11-12,14,17,21,30H,10H2,1-3H3,(H2,26,31)(H,29,33)/t12-,14-,17-,21+,22-,39-/m1/s1. The van der Waals surface area contributed by atoms with Gasteiger partial charge in [-0.1, -0.05) is 29.8 Å². The lowest BCUT2D eigenvalue weighted by molar-refractivity contribution is -0.149. The summed E-state index contributed by atoms with van der Waals surface area (Å²) in [5.41, 5.74) is 4.81. The van der Waals surface area contributed by atoms with Gasteiger partial charge in [-0.2, -0.15) is 5.09 Å². The van der Waals surface area contributed by atoms with Gasteiger partial charge >= 0.3 is 13.7 Å². The maximum absolute atomic E-state index is 15.3. The van der Waals surface area contributed by atoms with Crippen LogP contribution in [0, 0.1) is 0 Å². The molecule has 6 atom stereocenters. The first kappa shape index (κ1) is 31.1. The van der Waals surface area contributed by atoms with E-state index in [1.165, 1.54) is 19.1 Å². The van der Waals surface area contributed by atoms with Crippen LogP contribution in [-0.4, -0.2) is 69.3 Å². The molecule has 0 aliphatic carbocycles. The van der Waals surface area contributed by atoms with Crippen LogP contribution in [-0.2, 0) is 23.4 Å². The molecule has 2 heterocycles. The molecule has 1 fully saturated rings. The van der Waals surface area contributed by atoms with Crippen molar-refractivity contribution in [2.45, 2.75) is 56.5 Å². The predicted octanol–water partition coefficient (Wildman–Crippen LogP) is 2.84. The largest absolute Gasteiger partial charge is 0.462 e. The van der Waals surface area contributed by atoms with E-state index < -0.39 is 73.6 Å². The highest BCUT2D eigenvalue weighted by Gasteiger charge is 2.59. The maximum atomic E-state index is 15.3. The summed E-state index contributed by atoms with van der Waals surface area (Å²) in [6.07, 6.45) is -4.93. The van der Waals surface area contributed by atoms with Gasteiger partial charge in [0.25, 0.3) is 17.3 Å². The van der Waals surface area contributed by atoms with Crippen LogP contribution in [0.2, 0.25) is 0 Å². The Morgan fingerprint density at radius 1 is 1.33 bits per heavy atom. The van der Waals surface area contributed by atoms with Gasteiger partial charge in [0.05, 0.1) is 18.9 Å². The number of nitrogens with one attached hydrogen (secondary N) is 1. The van der Waals surface area contributed by atoms with Crippen LogP contribution >= 0.6 is 35.3 Å². The molecular formula is C22H26BrClFN4O9P. The molecule has 39 heavy (non-hydrogen) atoms. The van der Waals surface area contributed by atoms with Gasteiger partial charge in [0.15, 0.2) is 5.69 Å². The second-order valence-electron chi connectivity index (χ2n) is 8.49. The first-order valence-electron chi connectivity index (χ1n) is 11.4. The molecule has 0 spiro atoms. The minimum Gasteiger partial charge on any atom is -0.462 e. The molecule has 1 aromatic carbocycles. The average Bonchev–Trinajstić information content (AvgIpc) is 3.06. The number of halogens is 3. The van der Waals surface area contributed by atoms with Crippen molar-refractivity contribution in [1.82, 2.24) is 15.1 Å². The second kappa shape index (κ2) is 12.9. The zero-order chi connectivity index (χ0) is 29.0. The van der Waals surface area contributed by atoms with Crippen molar-refractivity contribution in [3.8, 4) is 11.6 Å². The van der Waals surface area contributed by atoms with Crippen molar-refractivity contribution in [3.63, 3.8) is 0 Å². The van der Waals surface area contributed by atoms with E-state index in [1.807, 2.05) is 0 Å². The highest BCUT2D eigenvalue weighted by molar-refractivity contribution is 9.10. The molecule has 1 aliphatic heterocycles. The van der Waals surface area contributed by atoms with Crippen LogP contribution < -0.4 is 20.1 Å². The number of aliphatic hydroxyl groups is 1. The van der Waals surface area contributed by atoms with E-state index in [0.29, 0.717) is 0 Å². The summed E-state index contributed by atoms with van der Waals surface area (Å²) in [5, 5.41) is 9.88. The van der Waals surface area contributed by atoms with Crippen molar-refractivity contribution in [2.75, 3.05) is 6.61 Å². The van der Waals surface area contributed by atoms with Crippen molar-refractivity contribution in [3.05, 3.63) is 46.8 Å². The summed E-state index contributed by atoms with van der Waals surface area (Å²) >= 11 is 8.89. The van der Waals surface area contributed by atoms with E-state index in [9.17, 15) is 19.3 Å². The third-order valence-electron chi connectivity index (χ3n) is 4.96. The zero-order valence-electron chi connectivity index (χ0n) is 20.8. The molecule has 1 aromatic heterocycles. The number of carbonyl (C=O) groups excluding carboxylic acids is 2. The third kappa shape index (κ3) is 8.07. The van der Waals surface area contributed by atoms with E-state index >= 15 is 4.39 Å². The number of primary amides is 1. The molecule has 214 valence electrons. The normalized spacial score (nSPS) is 25.1. The first-order valence-corrected chi connectivity index (χ1v) is 14.1. The Morgan fingerprint density at radius 2 is 2.00 bits per heavy atom. The fourth-order valence-corrected chi connectivity index (χ4v) is 5.18. The number of hydrogen-bond acceptors (Lipinski definition) is 11. The Labute approximate surface area is 236 Å². The Kier molecular flexibility index (Phi) is 10.3. The molecule has 0 saturated carbocycles. The van der Waals surface area contributed by atoms with Gasteiger partial charge in [0.2, 0.25) is 5.88 Å². The number of hydrogen-bond donors (Lipinski definition) is 3. The van der Waals surface area contributed by atoms with E-state index in [2.05, 4.69) is 31.0 Å². The fourth-order valence-electron chi connectivity index (χ4n) is 3.16. The van der Waals surface area contributed by atoms with Gasteiger partial charge in [-0.25, -0.2) is 18.9 Å². The van der Waals surface area contributed by atoms with Crippen molar-refractivity contribution in [1.29, 1.82) is 0 Å². The Balaban J connectivity index is 1.77. The highest BCUT2D eigenvalue weighted by atomic mass is 79.9. The molecular weight excluding hydrogens is 630 g/mol. The Bertz CT molecular complexity index is 1230. The highest BCUT2D eigenvalue weighted by Crippen LogP contribution is 2.47. The number of amides is 1. The summed E-state index contributed by atoms with van der Waals surface area (Å²) < 4.78 is 55.7. The quantitative estimate of drug-likeness (QED) is 0.173. The number of ether oxygens (including phenoxy) is 3. The van der Waals surface area contributed by atoms with Gasteiger partial charge in [-0.05, 0) is 48.8 Å². The van der Waals surface area contributed by atoms with E-state index in [1.54, 1.807) is 32.0 Å². The number of esters is 1. The van der Waals surface area contributed by atoms with Gasteiger partial charge < -0.3 is 29.6 Å². The summed E-state index contributed by atoms with van der Waals surface area (Å²) in [6.45, 7) is 3.91. The summed E-state index contributed by atoms with van der Waals surface area (Å²) in [6, 6.07) is 6.74. The molecule has 13 nitrogen and oxygen atoms in total. The van der Waals surface area contributed by atoms with E-state index in [0.717, 1.165) is 6.20 Å². The molecule has 1 amide bonds. The van der Waals surface area contributed by atoms with Crippen LogP contribution in [0.1, 0.15) is 31.3 Å². The zero-order valence-corrected chi connectivity index (χ0v) is 24.1. The van der Waals surface area contributed by atoms with E-state index in [4.69, 9.17) is 40.6 Å². The molecule has 17 heteroatoms. The molecule has 2 aromatic rings. The van der Waals surface area contributed by atoms with E-state index in [-0.39, 0.29) is 10.4 Å².